The molecule has 7 nitrogen and oxygen atoms in total. The van der Waals surface area contributed by atoms with Crippen LogP contribution in [0, 0.1) is 0 Å². The number of benzene rings is 2. The molecule has 1 atom stereocenters. The van der Waals surface area contributed by atoms with Crippen LogP contribution in [0.15, 0.2) is 53.4 Å². The maximum absolute atomic E-state index is 12.8. The van der Waals surface area contributed by atoms with Gasteiger partial charge in [-0.2, -0.15) is 5.01 Å². The average molecular weight is 499 g/mol. The number of thiocarbonyl (C=S) groups is 1. The number of aliphatic carboxylic acids is 1. The number of nitrogens with one attached hydrogen (secondary N) is 1. The van der Waals surface area contributed by atoms with Gasteiger partial charge in [-0.05, 0) is 65.5 Å². The van der Waals surface area contributed by atoms with Crippen molar-refractivity contribution in [2.75, 3.05) is 0 Å². The summed E-state index contributed by atoms with van der Waals surface area (Å²) in [7, 11) is 0. The van der Waals surface area contributed by atoms with Gasteiger partial charge in [-0.3, -0.25) is 15.0 Å². The lowest BCUT2D eigenvalue weighted by Gasteiger charge is -2.19. The number of amides is 2. The second-order valence-electron chi connectivity index (χ2n) is 8.71. The highest BCUT2D eigenvalue weighted by Crippen LogP contribution is 2.32. The number of rotatable bonds is 7. The number of hydrogen-bond acceptors (Lipinski definition) is 6. The van der Waals surface area contributed by atoms with Crippen molar-refractivity contribution in [2.24, 2.45) is 0 Å². The molecule has 1 aliphatic rings. The highest BCUT2D eigenvalue weighted by atomic mass is 32.2. The molecule has 1 aliphatic heterocycles. The zero-order valence-corrected chi connectivity index (χ0v) is 21.0. The zero-order chi connectivity index (χ0) is 25.0. The van der Waals surface area contributed by atoms with Crippen molar-refractivity contribution in [1.82, 2.24) is 10.4 Å². The number of hydrogen-bond donors (Lipinski definition) is 2. The van der Waals surface area contributed by atoms with Crippen LogP contribution in [-0.4, -0.2) is 38.3 Å². The van der Waals surface area contributed by atoms with Gasteiger partial charge >= 0.3 is 5.97 Å². The van der Waals surface area contributed by atoms with Crippen LogP contribution in [-0.2, 0) is 15.0 Å². The van der Waals surface area contributed by atoms with Crippen LogP contribution >= 0.6 is 24.0 Å². The predicted molar refractivity (Wildman–Crippen MR) is 136 cm³/mol. The van der Waals surface area contributed by atoms with Crippen molar-refractivity contribution >= 4 is 52.2 Å². The van der Waals surface area contributed by atoms with Crippen LogP contribution in [0.4, 0.5) is 0 Å². The van der Waals surface area contributed by atoms with E-state index in [1.807, 2.05) is 12.1 Å². The normalized spacial score (nSPS) is 16.0. The summed E-state index contributed by atoms with van der Waals surface area (Å²) in [6, 6.07) is 13.9. The van der Waals surface area contributed by atoms with Gasteiger partial charge in [-0.15, -0.1) is 0 Å². The number of nitrogens with zero attached hydrogens (tertiary/aromatic N) is 1. The predicted octanol–water partition coefficient (Wildman–Crippen LogP) is 4.77. The maximum atomic E-state index is 12.8. The minimum Gasteiger partial charge on any atom is -0.479 e. The fourth-order valence-electron chi connectivity index (χ4n) is 3.12. The van der Waals surface area contributed by atoms with E-state index in [1.54, 1.807) is 49.4 Å². The first-order valence-electron chi connectivity index (χ1n) is 10.7. The van der Waals surface area contributed by atoms with Crippen molar-refractivity contribution < 1.29 is 24.2 Å². The van der Waals surface area contributed by atoms with Gasteiger partial charge < -0.3 is 9.84 Å². The maximum Gasteiger partial charge on any atom is 0.344 e. The second-order valence-corrected chi connectivity index (χ2v) is 10.4. The molecular formula is C25H26N2O5S2. The quantitative estimate of drug-likeness (QED) is 0.419. The SMILES string of the molecule is CCC(Oc1ccc(/C=C2/SC(=S)N(NC(=O)c3ccc(C(C)(C)C)cc3)C2=O)cc1)C(=O)O. The fourth-order valence-corrected chi connectivity index (χ4v) is 4.30. The standard InChI is InChI=1S/C25H26N2O5S2/c1-5-19(23(30)31)32-18-12-6-15(7-13-18)14-20-22(29)27(24(33)34-20)26-21(28)16-8-10-17(11-9-16)25(2,3)4/h6-14,19H,5H2,1-4H3,(H,26,28)(H,30,31)/b20-14+. The number of carboxylic acids is 1. The van der Waals surface area contributed by atoms with Crippen LogP contribution in [0.25, 0.3) is 6.08 Å². The van der Waals surface area contributed by atoms with Gasteiger partial charge in [0.15, 0.2) is 10.4 Å². The molecule has 2 N–H and O–H groups in total. The average Bonchev–Trinajstić information content (AvgIpc) is 3.05. The van der Waals surface area contributed by atoms with Gasteiger partial charge in [0.05, 0.1) is 4.91 Å². The summed E-state index contributed by atoms with van der Waals surface area (Å²) >= 11 is 6.38. The van der Waals surface area contributed by atoms with Crippen molar-refractivity contribution in [3.05, 3.63) is 70.1 Å². The van der Waals surface area contributed by atoms with Crippen LogP contribution in [0.2, 0.25) is 0 Å². The smallest absolute Gasteiger partial charge is 0.344 e. The van der Waals surface area contributed by atoms with E-state index in [9.17, 15) is 14.4 Å². The molecule has 0 spiro atoms. The summed E-state index contributed by atoms with van der Waals surface area (Å²) in [6.45, 7) is 8.00. The van der Waals surface area contributed by atoms with Crippen molar-refractivity contribution in [1.29, 1.82) is 0 Å². The van der Waals surface area contributed by atoms with Crippen LogP contribution in [0.5, 0.6) is 5.75 Å². The van der Waals surface area contributed by atoms with E-state index in [-0.39, 0.29) is 9.74 Å². The third-order valence-corrected chi connectivity index (χ3v) is 6.42. The molecule has 0 saturated carbocycles. The summed E-state index contributed by atoms with van der Waals surface area (Å²) in [5.41, 5.74) is 4.78. The number of carbonyl (C=O) groups excluding carboxylic acids is 2. The van der Waals surface area contributed by atoms with E-state index in [1.165, 1.54) is 0 Å². The number of carbonyl (C=O) groups is 3. The van der Waals surface area contributed by atoms with Crippen molar-refractivity contribution in [2.45, 2.75) is 45.6 Å². The van der Waals surface area contributed by atoms with Crippen LogP contribution < -0.4 is 10.2 Å². The van der Waals surface area contributed by atoms with Gasteiger partial charge in [0, 0.05) is 5.56 Å². The highest BCUT2D eigenvalue weighted by Gasteiger charge is 2.33. The Kier molecular flexibility index (Phi) is 7.78. The molecule has 0 bridgehead atoms. The van der Waals surface area contributed by atoms with Crippen LogP contribution in [0.3, 0.4) is 0 Å². The molecule has 2 aromatic carbocycles. The lowest BCUT2D eigenvalue weighted by atomic mass is 9.87. The summed E-state index contributed by atoms with van der Waals surface area (Å²) < 4.78 is 5.67. The van der Waals surface area contributed by atoms with Gasteiger partial charge in [0.1, 0.15) is 5.75 Å². The topological polar surface area (TPSA) is 95.9 Å². The monoisotopic (exact) mass is 498 g/mol. The molecule has 1 heterocycles. The van der Waals surface area contributed by atoms with Gasteiger partial charge in [0.2, 0.25) is 0 Å². The summed E-state index contributed by atoms with van der Waals surface area (Å²) in [4.78, 5) is 37.0. The minimum absolute atomic E-state index is 0.0316. The Balaban J connectivity index is 1.68. The highest BCUT2D eigenvalue weighted by molar-refractivity contribution is 8.26. The molecule has 0 aromatic heterocycles. The van der Waals surface area contributed by atoms with E-state index >= 15 is 0 Å². The van der Waals surface area contributed by atoms with Gasteiger partial charge in [-0.25, -0.2) is 4.79 Å². The van der Waals surface area contributed by atoms with E-state index in [4.69, 9.17) is 22.1 Å². The Labute approximate surface area is 208 Å². The van der Waals surface area contributed by atoms with E-state index in [2.05, 4.69) is 26.2 Å². The summed E-state index contributed by atoms with van der Waals surface area (Å²) in [5.74, 6) is -1.46. The largest absolute Gasteiger partial charge is 0.479 e. The first-order chi connectivity index (χ1) is 16.0. The van der Waals surface area contributed by atoms with Crippen LogP contribution in [0.1, 0.15) is 55.6 Å². The molecule has 1 fully saturated rings. The summed E-state index contributed by atoms with van der Waals surface area (Å²) in [5, 5.41) is 10.2. The van der Waals surface area contributed by atoms with Crippen molar-refractivity contribution in [3.8, 4) is 5.75 Å². The zero-order valence-electron chi connectivity index (χ0n) is 19.3. The molecule has 1 unspecified atom stereocenters. The van der Waals surface area contributed by atoms with E-state index < -0.39 is 23.9 Å². The van der Waals surface area contributed by atoms with Gasteiger partial charge in [0.25, 0.3) is 11.8 Å². The number of ether oxygens (including phenoxy) is 1. The molecule has 1 saturated heterocycles. The third-order valence-electron chi connectivity index (χ3n) is 5.12. The molecule has 3 rings (SSSR count). The Morgan fingerprint density at radius 1 is 1.15 bits per heavy atom. The number of hydrazine groups is 1. The molecule has 178 valence electrons. The summed E-state index contributed by atoms with van der Waals surface area (Å²) in [6.07, 6.45) is 1.07. The molecule has 0 aliphatic carbocycles. The second kappa shape index (κ2) is 10.4. The third kappa shape index (κ3) is 6.03. The molecule has 2 aromatic rings. The molecular weight excluding hydrogens is 472 g/mol. The Morgan fingerprint density at radius 3 is 2.29 bits per heavy atom. The minimum atomic E-state index is -1.03. The lowest BCUT2D eigenvalue weighted by molar-refractivity contribution is -0.145. The van der Waals surface area contributed by atoms with Gasteiger partial charge in [-0.1, -0.05) is 63.7 Å². The number of thioether (sulfide) groups is 1. The first kappa shape index (κ1) is 25.5. The van der Waals surface area contributed by atoms with Crippen molar-refractivity contribution in [3.63, 3.8) is 0 Å². The molecule has 0 radical (unpaired) electrons. The number of carboxylic acid groups (broad SMARTS) is 1. The Hall–Kier alpha value is -3.17. The Morgan fingerprint density at radius 2 is 1.76 bits per heavy atom. The van der Waals surface area contributed by atoms with E-state index in [0.29, 0.717) is 28.2 Å². The molecule has 9 heteroatoms. The molecule has 34 heavy (non-hydrogen) atoms. The lowest BCUT2D eigenvalue weighted by Crippen LogP contribution is -2.44. The first-order valence-corrected chi connectivity index (χ1v) is 11.9. The fraction of sp³-hybridized carbons (Fsp3) is 0.280. The Bertz CT molecular complexity index is 1140. The molecule has 2 amide bonds. The van der Waals surface area contributed by atoms with E-state index in [0.717, 1.165) is 22.3 Å².